The van der Waals surface area contributed by atoms with Crippen LogP contribution in [0.2, 0.25) is 0 Å². The van der Waals surface area contributed by atoms with Gasteiger partial charge in [0.15, 0.2) is 0 Å². The molecule has 0 unspecified atom stereocenters. The summed E-state index contributed by atoms with van der Waals surface area (Å²) < 4.78 is 12.9. The molecule has 2 rings (SSSR count). The van der Waals surface area contributed by atoms with Gasteiger partial charge in [-0.25, -0.2) is 4.39 Å². The first-order valence-corrected chi connectivity index (χ1v) is 3.84. The SMILES string of the molecule is CC/C=C1\c2cccc(F)c21. The summed E-state index contributed by atoms with van der Waals surface area (Å²) in [6, 6.07) is 5.22. The van der Waals surface area contributed by atoms with Crippen LogP contribution in [0, 0.1) is 5.82 Å². The van der Waals surface area contributed by atoms with E-state index >= 15 is 0 Å². The van der Waals surface area contributed by atoms with E-state index in [1.807, 2.05) is 6.07 Å². The highest BCUT2D eigenvalue weighted by atomic mass is 19.1. The van der Waals surface area contributed by atoms with Crippen molar-refractivity contribution in [2.75, 3.05) is 0 Å². The van der Waals surface area contributed by atoms with Gasteiger partial charge >= 0.3 is 0 Å². The number of halogens is 1. The molecule has 0 nitrogen and oxygen atoms in total. The van der Waals surface area contributed by atoms with E-state index in [1.54, 1.807) is 6.07 Å². The van der Waals surface area contributed by atoms with E-state index in [-0.39, 0.29) is 5.82 Å². The van der Waals surface area contributed by atoms with Crippen molar-refractivity contribution in [3.8, 4) is 0 Å². The molecule has 1 aromatic carbocycles. The zero-order valence-corrected chi connectivity index (χ0v) is 6.39. The Bertz CT molecular complexity index is 324. The van der Waals surface area contributed by atoms with Crippen LogP contribution in [0.5, 0.6) is 0 Å². The topological polar surface area (TPSA) is 0 Å². The minimum atomic E-state index is -0.0813. The fraction of sp³-hybridized carbons (Fsp3) is 0.200. The van der Waals surface area contributed by atoms with Gasteiger partial charge in [-0.15, -0.1) is 0 Å². The lowest BCUT2D eigenvalue weighted by atomic mass is 10.3. The number of allylic oxidation sites excluding steroid dienone is 1. The average Bonchev–Trinajstić information content (AvgIpc) is 2.66. The second kappa shape index (κ2) is 2.19. The van der Waals surface area contributed by atoms with Crippen molar-refractivity contribution in [1.82, 2.24) is 0 Å². The maximum absolute atomic E-state index is 12.9. The fourth-order valence-electron chi connectivity index (χ4n) is 1.38. The van der Waals surface area contributed by atoms with Crippen LogP contribution in [0.3, 0.4) is 0 Å². The summed E-state index contributed by atoms with van der Waals surface area (Å²) in [4.78, 5) is 0. The quantitative estimate of drug-likeness (QED) is 0.583. The molecule has 0 heterocycles. The largest absolute Gasteiger partial charge is 0.206 e. The molecule has 0 fully saturated rings. The normalized spacial score (nSPS) is 16.7. The Balaban J connectivity index is 2.45. The van der Waals surface area contributed by atoms with Crippen LogP contribution >= 0.6 is 0 Å². The van der Waals surface area contributed by atoms with Gasteiger partial charge in [0.2, 0.25) is 0 Å². The summed E-state index contributed by atoms with van der Waals surface area (Å²) in [6.07, 6.45) is 3.04. The molecule has 0 saturated carbocycles. The molecular weight excluding hydrogens is 139 g/mol. The number of rotatable bonds is 1. The first kappa shape index (κ1) is 6.59. The van der Waals surface area contributed by atoms with Crippen LogP contribution in [0.15, 0.2) is 24.3 Å². The standard InChI is InChI=1S/C10H9F/c1-2-4-7-8-5-3-6-9(11)10(7)8/h3-6H,2H2,1H3/b7-4+. The second-order valence-electron chi connectivity index (χ2n) is 2.69. The van der Waals surface area contributed by atoms with Crippen molar-refractivity contribution in [3.05, 3.63) is 41.2 Å². The number of fused-ring (bicyclic) bond motifs is 1. The van der Waals surface area contributed by atoms with E-state index in [2.05, 4.69) is 13.0 Å². The van der Waals surface area contributed by atoms with Crippen molar-refractivity contribution in [2.24, 2.45) is 0 Å². The van der Waals surface area contributed by atoms with Crippen LogP contribution in [0.1, 0.15) is 24.5 Å². The lowest BCUT2D eigenvalue weighted by molar-refractivity contribution is 0.628. The summed E-state index contributed by atoms with van der Waals surface area (Å²) in [6.45, 7) is 2.06. The molecule has 11 heavy (non-hydrogen) atoms. The third-order valence-electron chi connectivity index (χ3n) is 1.92. The van der Waals surface area contributed by atoms with Crippen molar-refractivity contribution in [3.63, 3.8) is 0 Å². The molecule has 0 bridgehead atoms. The molecule has 1 aromatic rings. The molecule has 1 aliphatic rings. The van der Waals surface area contributed by atoms with Gasteiger partial charge in [-0.1, -0.05) is 25.1 Å². The minimum absolute atomic E-state index is 0.0813. The van der Waals surface area contributed by atoms with Crippen molar-refractivity contribution in [1.29, 1.82) is 0 Å². The number of hydrogen-bond acceptors (Lipinski definition) is 0. The van der Waals surface area contributed by atoms with Crippen molar-refractivity contribution in [2.45, 2.75) is 13.3 Å². The molecular formula is C10H9F. The van der Waals surface area contributed by atoms with Crippen molar-refractivity contribution >= 4 is 5.57 Å². The smallest absolute Gasteiger partial charge is 0.131 e. The summed E-state index contributed by atoms with van der Waals surface area (Å²) in [5, 5.41) is 0. The number of hydrogen-bond donors (Lipinski definition) is 0. The zero-order chi connectivity index (χ0) is 7.84. The Morgan fingerprint density at radius 3 is 2.91 bits per heavy atom. The van der Waals surface area contributed by atoms with Gasteiger partial charge < -0.3 is 0 Å². The van der Waals surface area contributed by atoms with E-state index in [0.29, 0.717) is 0 Å². The monoisotopic (exact) mass is 148 g/mol. The minimum Gasteiger partial charge on any atom is -0.206 e. The molecule has 0 saturated heterocycles. The van der Waals surface area contributed by atoms with E-state index in [9.17, 15) is 4.39 Å². The Kier molecular flexibility index (Phi) is 1.31. The lowest BCUT2D eigenvalue weighted by Gasteiger charge is -1.78. The second-order valence-corrected chi connectivity index (χ2v) is 2.69. The van der Waals surface area contributed by atoms with Gasteiger partial charge in [0.1, 0.15) is 5.82 Å². The molecule has 0 radical (unpaired) electrons. The molecule has 0 amide bonds. The molecule has 0 aromatic heterocycles. The molecule has 0 spiro atoms. The van der Waals surface area contributed by atoms with Gasteiger partial charge in [0, 0.05) is 5.56 Å². The fourth-order valence-corrected chi connectivity index (χ4v) is 1.38. The van der Waals surface area contributed by atoms with Gasteiger partial charge in [0.05, 0.1) is 0 Å². The number of benzene rings is 1. The Morgan fingerprint density at radius 1 is 1.45 bits per heavy atom. The van der Waals surface area contributed by atoms with Crippen LogP contribution < -0.4 is 0 Å². The van der Waals surface area contributed by atoms with Crippen molar-refractivity contribution < 1.29 is 4.39 Å². The van der Waals surface area contributed by atoms with E-state index in [4.69, 9.17) is 0 Å². The maximum atomic E-state index is 12.9. The Morgan fingerprint density at radius 2 is 2.27 bits per heavy atom. The van der Waals surface area contributed by atoms with Crippen LogP contribution in [-0.4, -0.2) is 0 Å². The van der Waals surface area contributed by atoms with Gasteiger partial charge in [-0.3, -0.25) is 0 Å². The molecule has 0 aliphatic heterocycles. The van der Waals surface area contributed by atoms with Crippen LogP contribution in [-0.2, 0) is 0 Å². The van der Waals surface area contributed by atoms with Crippen LogP contribution in [0.4, 0.5) is 4.39 Å². The van der Waals surface area contributed by atoms with E-state index in [0.717, 1.165) is 23.1 Å². The highest BCUT2D eigenvalue weighted by Crippen LogP contribution is 2.43. The molecule has 1 aliphatic carbocycles. The van der Waals surface area contributed by atoms with Gasteiger partial charge in [-0.2, -0.15) is 0 Å². The summed E-state index contributed by atoms with van der Waals surface area (Å²) in [7, 11) is 0. The lowest BCUT2D eigenvalue weighted by Crippen LogP contribution is -1.66. The summed E-state index contributed by atoms with van der Waals surface area (Å²) in [5.41, 5.74) is 3.02. The predicted molar refractivity (Wildman–Crippen MR) is 43.8 cm³/mol. The highest BCUT2D eigenvalue weighted by molar-refractivity contribution is 6.00. The third-order valence-corrected chi connectivity index (χ3v) is 1.92. The molecule has 1 heteroatoms. The maximum Gasteiger partial charge on any atom is 0.131 e. The van der Waals surface area contributed by atoms with E-state index < -0.39 is 0 Å². The Labute approximate surface area is 65.4 Å². The highest BCUT2D eigenvalue weighted by Gasteiger charge is 2.27. The predicted octanol–water partition coefficient (Wildman–Crippen LogP) is 2.98. The summed E-state index contributed by atoms with van der Waals surface area (Å²) >= 11 is 0. The zero-order valence-electron chi connectivity index (χ0n) is 6.39. The first-order chi connectivity index (χ1) is 5.34. The van der Waals surface area contributed by atoms with Crippen LogP contribution in [0.25, 0.3) is 5.57 Å². The molecule has 0 atom stereocenters. The van der Waals surface area contributed by atoms with Gasteiger partial charge in [-0.05, 0) is 23.6 Å². The average molecular weight is 148 g/mol. The Hall–Kier alpha value is -1.11. The molecule has 56 valence electrons. The molecule has 0 N–H and O–H groups in total. The van der Waals surface area contributed by atoms with Gasteiger partial charge in [0.25, 0.3) is 0 Å². The third kappa shape index (κ3) is 0.881. The van der Waals surface area contributed by atoms with E-state index in [1.165, 1.54) is 6.07 Å². The first-order valence-electron chi connectivity index (χ1n) is 3.84. The summed E-state index contributed by atoms with van der Waals surface area (Å²) in [5.74, 6) is -0.0813.